The van der Waals surface area contributed by atoms with Crippen molar-refractivity contribution >= 4 is 5.91 Å². The van der Waals surface area contributed by atoms with Crippen LogP contribution < -0.4 is 0 Å². The zero-order chi connectivity index (χ0) is 14.7. The molecule has 6 heteroatoms. The standard InChI is InChI=1S/C15H22N4O2/c20-14-10-18(8-12-6-16-11-17-7-12)9-13(14)5-15(21)19-3-1-2-4-19/h6-7,11,13-14,20H,1-5,8-10H2/t13-,14-/m0/s1. The van der Waals surface area contributed by atoms with E-state index in [0.29, 0.717) is 13.0 Å². The fraction of sp³-hybridized carbons (Fsp3) is 0.667. The molecular weight excluding hydrogens is 268 g/mol. The highest BCUT2D eigenvalue weighted by atomic mass is 16.3. The molecule has 6 nitrogen and oxygen atoms in total. The number of amides is 1. The summed E-state index contributed by atoms with van der Waals surface area (Å²) >= 11 is 0. The predicted molar refractivity (Wildman–Crippen MR) is 77.2 cm³/mol. The Bertz CT molecular complexity index is 476. The van der Waals surface area contributed by atoms with Gasteiger partial charge in [0.2, 0.25) is 5.91 Å². The number of rotatable bonds is 4. The summed E-state index contributed by atoms with van der Waals surface area (Å²) in [7, 11) is 0. The van der Waals surface area contributed by atoms with E-state index in [9.17, 15) is 9.90 Å². The minimum absolute atomic E-state index is 0.0442. The van der Waals surface area contributed by atoms with Crippen molar-refractivity contribution < 1.29 is 9.90 Å². The van der Waals surface area contributed by atoms with Gasteiger partial charge in [-0.2, -0.15) is 0 Å². The van der Waals surface area contributed by atoms with Gasteiger partial charge in [0.1, 0.15) is 6.33 Å². The van der Waals surface area contributed by atoms with Crippen LogP contribution in [0.15, 0.2) is 18.7 Å². The normalized spacial score (nSPS) is 26.4. The summed E-state index contributed by atoms with van der Waals surface area (Å²) < 4.78 is 0. The largest absolute Gasteiger partial charge is 0.391 e. The first-order chi connectivity index (χ1) is 10.2. The third-order valence-corrected chi connectivity index (χ3v) is 4.40. The topological polar surface area (TPSA) is 69.6 Å². The Labute approximate surface area is 124 Å². The summed E-state index contributed by atoms with van der Waals surface area (Å²) in [6.07, 6.45) is 7.37. The Morgan fingerprint density at radius 2 is 1.95 bits per heavy atom. The van der Waals surface area contributed by atoms with Crippen molar-refractivity contribution in [2.24, 2.45) is 5.92 Å². The molecule has 0 saturated carbocycles. The maximum absolute atomic E-state index is 12.2. The Kier molecular flexibility index (Phi) is 4.45. The molecule has 0 aliphatic carbocycles. The van der Waals surface area contributed by atoms with Crippen LogP contribution in [-0.2, 0) is 11.3 Å². The van der Waals surface area contributed by atoms with Crippen LogP contribution in [0.3, 0.4) is 0 Å². The Balaban J connectivity index is 1.52. The summed E-state index contributed by atoms with van der Waals surface area (Å²) in [5, 5.41) is 10.2. The van der Waals surface area contributed by atoms with E-state index in [0.717, 1.165) is 44.6 Å². The van der Waals surface area contributed by atoms with Crippen molar-refractivity contribution in [2.75, 3.05) is 26.2 Å². The third-order valence-electron chi connectivity index (χ3n) is 4.40. The molecule has 3 rings (SSSR count). The number of nitrogens with zero attached hydrogens (tertiary/aromatic N) is 4. The van der Waals surface area contributed by atoms with Gasteiger partial charge in [-0.15, -0.1) is 0 Å². The van der Waals surface area contributed by atoms with Gasteiger partial charge in [0.15, 0.2) is 0 Å². The average molecular weight is 290 g/mol. The van der Waals surface area contributed by atoms with Crippen molar-refractivity contribution in [2.45, 2.75) is 31.9 Å². The molecule has 1 aromatic rings. The molecule has 2 saturated heterocycles. The molecule has 0 bridgehead atoms. The van der Waals surface area contributed by atoms with Crippen LogP contribution in [0.1, 0.15) is 24.8 Å². The van der Waals surface area contributed by atoms with E-state index < -0.39 is 6.10 Å². The van der Waals surface area contributed by atoms with E-state index in [-0.39, 0.29) is 11.8 Å². The lowest BCUT2D eigenvalue weighted by Crippen LogP contribution is -2.32. The molecular formula is C15H22N4O2. The number of β-amino-alcohol motifs (C(OH)–C–C–N with tert-alkyl or cyclic N) is 1. The van der Waals surface area contributed by atoms with Crippen molar-refractivity contribution in [3.63, 3.8) is 0 Å². The quantitative estimate of drug-likeness (QED) is 0.862. The minimum atomic E-state index is -0.416. The van der Waals surface area contributed by atoms with Crippen LogP contribution in [0.25, 0.3) is 0 Å². The van der Waals surface area contributed by atoms with Gasteiger partial charge in [-0.3, -0.25) is 9.69 Å². The molecule has 1 N–H and O–H groups in total. The number of aliphatic hydroxyl groups is 1. The lowest BCUT2D eigenvalue weighted by molar-refractivity contribution is -0.131. The Morgan fingerprint density at radius 3 is 2.67 bits per heavy atom. The van der Waals surface area contributed by atoms with E-state index in [1.165, 1.54) is 6.33 Å². The van der Waals surface area contributed by atoms with Gasteiger partial charge < -0.3 is 10.0 Å². The zero-order valence-corrected chi connectivity index (χ0v) is 12.2. The number of aromatic nitrogens is 2. The van der Waals surface area contributed by atoms with Gasteiger partial charge in [-0.05, 0) is 12.8 Å². The SMILES string of the molecule is O=C(C[C@H]1CN(Cc2cncnc2)C[C@@H]1O)N1CCCC1. The second-order valence-electron chi connectivity index (χ2n) is 6.06. The summed E-state index contributed by atoms with van der Waals surface area (Å²) in [4.78, 5) is 24.3. The van der Waals surface area contributed by atoms with Crippen LogP contribution in [0, 0.1) is 5.92 Å². The third kappa shape index (κ3) is 3.57. The van der Waals surface area contributed by atoms with Gasteiger partial charge in [0.25, 0.3) is 0 Å². The van der Waals surface area contributed by atoms with Crippen LogP contribution in [0.2, 0.25) is 0 Å². The fourth-order valence-corrected chi connectivity index (χ4v) is 3.26. The number of hydrogen-bond acceptors (Lipinski definition) is 5. The van der Waals surface area contributed by atoms with E-state index in [1.54, 1.807) is 12.4 Å². The fourth-order valence-electron chi connectivity index (χ4n) is 3.26. The number of aliphatic hydroxyl groups excluding tert-OH is 1. The van der Waals surface area contributed by atoms with E-state index in [2.05, 4.69) is 14.9 Å². The summed E-state index contributed by atoms with van der Waals surface area (Å²) in [6, 6.07) is 0. The van der Waals surface area contributed by atoms with E-state index in [4.69, 9.17) is 0 Å². The summed E-state index contributed by atoms with van der Waals surface area (Å²) in [6.45, 7) is 3.87. The smallest absolute Gasteiger partial charge is 0.222 e. The van der Waals surface area contributed by atoms with Crippen molar-refractivity contribution in [1.29, 1.82) is 0 Å². The van der Waals surface area contributed by atoms with Gasteiger partial charge in [-0.25, -0.2) is 9.97 Å². The molecule has 0 unspecified atom stereocenters. The summed E-state index contributed by atoms with van der Waals surface area (Å²) in [5.74, 6) is 0.240. The number of hydrogen-bond donors (Lipinski definition) is 1. The maximum atomic E-state index is 12.2. The summed E-state index contributed by atoms with van der Waals surface area (Å²) in [5.41, 5.74) is 1.04. The van der Waals surface area contributed by atoms with Crippen LogP contribution in [0.4, 0.5) is 0 Å². The molecule has 0 aromatic carbocycles. The highest BCUT2D eigenvalue weighted by Gasteiger charge is 2.34. The zero-order valence-electron chi connectivity index (χ0n) is 12.2. The molecule has 1 aromatic heterocycles. The van der Waals surface area contributed by atoms with Gasteiger partial charge in [0.05, 0.1) is 6.10 Å². The second-order valence-corrected chi connectivity index (χ2v) is 6.06. The monoisotopic (exact) mass is 290 g/mol. The van der Waals surface area contributed by atoms with Crippen LogP contribution in [-0.4, -0.2) is 63.1 Å². The Morgan fingerprint density at radius 1 is 1.24 bits per heavy atom. The molecule has 1 amide bonds. The molecule has 0 radical (unpaired) electrons. The first kappa shape index (κ1) is 14.4. The molecule has 114 valence electrons. The van der Waals surface area contributed by atoms with E-state index >= 15 is 0 Å². The molecule has 3 heterocycles. The van der Waals surface area contributed by atoms with Crippen molar-refractivity contribution in [3.8, 4) is 0 Å². The maximum Gasteiger partial charge on any atom is 0.222 e. The van der Waals surface area contributed by atoms with Crippen LogP contribution >= 0.6 is 0 Å². The van der Waals surface area contributed by atoms with Gasteiger partial charge >= 0.3 is 0 Å². The van der Waals surface area contributed by atoms with E-state index in [1.807, 2.05) is 4.90 Å². The second kappa shape index (κ2) is 6.49. The molecule has 21 heavy (non-hydrogen) atoms. The molecule has 2 aliphatic rings. The molecule has 2 fully saturated rings. The molecule has 0 spiro atoms. The Hall–Kier alpha value is -1.53. The minimum Gasteiger partial charge on any atom is -0.391 e. The number of carbonyl (C=O) groups excluding carboxylic acids is 1. The number of likely N-dealkylation sites (tertiary alicyclic amines) is 2. The van der Waals surface area contributed by atoms with Gasteiger partial charge in [-0.1, -0.05) is 0 Å². The number of carbonyl (C=O) groups is 1. The first-order valence-corrected chi connectivity index (χ1v) is 7.64. The van der Waals surface area contributed by atoms with Crippen molar-refractivity contribution in [1.82, 2.24) is 19.8 Å². The lowest BCUT2D eigenvalue weighted by atomic mass is 10.0. The first-order valence-electron chi connectivity index (χ1n) is 7.64. The van der Waals surface area contributed by atoms with Crippen molar-refractivity contribution in [3.05, 3.63) is 24.3 Å². The predicted octanol–water partition coefficient (Wildman–Crippen LogP) is 0.282. The average Bonchev–Trinajstić information content (AvgIpc) is 3.11. The molecule has 2 atom stereocenters. The van der Waals surface area contributed by atoms with Gasteiger partial charge in [0, 0.05) is 63.0 Å². The highest BCUT2D eigenvalue weighted by molar-refractivity contribution is 5.76. The highest BCUT2D eigenvalue weighted by Crippen LogP contribution is 2.23. The molecule has 2 aliphatic heterocycles. The van der Waals surface area contributed by atoms with Crippen LogP contribution in [0.5, 0.6) is 0 Å². The lowest BCUT2D eigenvalue weighted by Gasteiger charge is -2.19.